The van der Waals surface area contributed by atoms with Gasteiger partial charge in [-0.25, -0.2) is 0 Å². The predicted molar refractivity (Wildman–Crippen MR) is 277 cm³/mol. The third-order valence-electron chi connectivity index (χ3n) is 15.3. The van der Waals surface area contributed by atoms with Gasteiger partial charge in [-0.15, -0.1) is 0 Å². The van der Waals surface area contributed by atoms with E-state index in [1.165, 1.54) is 131 Å². The number of hydrogen-bond donors (Lipinski definition) is 0. The molecule has 0 bridgehead atoms. The van der Waals surface area contributed by atoms with Gasteiger partial charge in [0, 0.05) is 34.1 Å². The molecule has 1 aliphatic carbocycles. The fraction of sp³-hybridized carbons (Fsp3) is 0.200. The van der Waals surface area contributed by atoms with Crippen LogP contribution in [0.2, 0.25) is 0 Å². The maximum absolute atomic E-state index is 2.73. The summed E-state index contributed by atoms with van der Waals surface area (Å²) in [5, 5.41) is 5.81. The van der Waals surface area contributed by atoms with Crippen LogP contribution in [0.1, 0.15) is 94.2 Å². The standard InChI is InChI=1S/C60H55BN2Si/c1-40(2)43-21-18-22-46(35-43)63-55-36-44(41(3)4)31-34-53(55)61-52-28-15-16-29-54(52)62(56-37-45(38-57(63)60(56)61)42-19-8-5-9-20-42)47-32-33-51-50-27-14-17-30-58(50)64(59(51)39-47,48-23-10-6-11-24-48)49-25-12-7-13-26-49/h6-7,10-18,21-42H,5,8-9,19-20H2,1-4H3. The zero-order chi connectivity index (χ0) is 43.1. The lowest BCUT2D eigenvalue weighted by Gasteiger charge is -2.45. The highest BCUT2D eigenvalue weighted by Gasteiger charge is 2.50. The van der Waals surface area contributed by atoms with E-state index in [9.17, 15) is 0 Å². The van der Waals surface area contributed by atoms with Gasteiger partial charge in [-0.1, -0.05) is 180 Å². The molecular weight excluding hydrogens is 788 g/mol. The van der Waals surface area contributed by atoms with E-state index in [1.807, 2.05) is 0 Å². The van der Waals surface area contributed by atoms with Gasteiger partial charge in [-0.05, 0) is 144 Å². The number of fused-ring (bicyclic) bond motifs is 7. The second kappa shape index (κ2) is 15.4. The SMILES string of the molecule is CC(C)c1cccc(N2c3cc(C(C)C)ccc3B3c4ccccc4N(c4ccc5c(c4)[Si](c4ccccc4)(c4ccccc4)c4ccccc4-5)c4cc(C5CCCCC5)cc2c43)c1. The molecule has 12 rings (SSSR count). The average molecular weight is 843 g/mol. The maximum atomic E-state index is 2.67. The Kier molecular flexibility index (Phi) is 9.46. The molecule has 8 aromatic carbocycles. The molecular formula is C60H55BN2Si. The zero-order valence-corrected chi connectivity index (χ0v) is 38.6. The number of benzene rings is 8. The number of rotatable bonds is 7. The summed E-state index contributed by atoms with van der Waals surface area (Å²) < 4.78 is 0. The summed E-state index contributed by atoms with van der Waals surface area (Å²) in [6, 6.07) is 71.1. The van der Waals surface area contributed by atoms with Gasteiger partial charge in [0.15, 0.2) is 8.07 Å². The number of hydrogen-bond acceptors (Lipinski definition) is 2. The van der Waals surface area contributed by atoms with E-state index < -0.39 is 8.07 Å². The molecule has 64 heavy (non-hydrogen) atoms. The highest BCUT2D eigenvalue weighted by atomic mass is 28.3. The lowest BCUT2D eigenvalue weighted by Crippen LogP contribution is -2.72. The molecule has 4 aliphatic rings. The number of anilines is 6. The quantitative estimate of drug-likeness (QED) is 0.148. The molecule has 0 unspecified atom stereocenters. The minimum Gasteiger partial charge on any atom is -0.311 e. The van der Waals surface area contributed by atoms with Gasteiger partial charge in [-0.2, -0.15) is 0 Å². The van der Waals surface area contributed by atoms with E-state index >= 15 is 0 Å². The molecule has 2 nitrogen and oxygen atoms in total. The van der Waals surface area contributed by atoms with Crippen LogP contribution >= 0.6 is 0 Å². The van der Waals surface area contributed by atoms with Crippen molar-refractivity contribution in [2.75, 3.05) is 9.80 Å². The van der Waals surface area contributed by atoms with E-state index in [4.69, 9.17) is 0 Å². The van der Waals surface area contributed by atoms with Crippen LogP contribution in [-0.2, 0) is 0 Å². The molecule has 312 valence electrons. The summed E-state index contributed by atoms with van der Waals surface area (Å²) in [6.45, 7) is 9.39. The highest BCUT2D eigenvalue weighted by Crippen LogP contribution is 2.48. The van der Waals surface area contributed by atoms with Crippen molar-refractivity contribution in [3.63, 3.8) is 0 Å². The topological polar surface area (TPSA) is 6.48 Å². The average Bonchev–Trinajstić information content (AvgIpc) is 3.64. The van der Waals surface area contributed by atoms with Crippen LogP contribution in [0.4, 0.5) is 34.1 Å². The molecule has 0 saturated heterocycles. The Labute approximate surface area is 381 Å². The molecule has 1 saturated carbocycles. The summed E-state index contributed by atoms with van der Waals surface area (Å²) in [5.41, 5.74) is 18.9. The molecule has 1 fully saturated rings. The molecule has 0 atom stereocenters. The third kappa shape index (κ3) is 5.91. The van der Waals surface area contributed by atoms with Crippen LogP contribution < -0.4 is 46.9 Å². The molecule has 0 aromatic heterocycles. The van der Waals surface area contributed by atoms with Gasteiger partial charge >= 0.3 is 0 Å². The van der Waals surface area contributed by atoms with Crippen molar-refractivity contribution in [1.29, 1.82) is 0 Å². The van der Waals surface area contributed by atoms with Crippen molar-refractivity contribution >= 4 is 86.0 Å². The molecule has 4 heteroatoms. The van der Waals surface area contributed by atoms with Crippen LogP contribution in [0.15, 0.2) is 182 Å². The van der Waals surface area contributed by atoms with E-state index in [0.29, 0.717) is 17.8 Å². The van der Waals surface area contributed by atoms with Gasteiger partial charge in [-0.3, -0.25) is 0 Å². The van der Waals surface area contributed by atoms with E-state index in [-0.39, 0.29) is 6.71 Å². The second-order valence-electron chi connectivity index (χ2n) is 19.5. The first-order valence-electron chi connectivity index (χ1n) is 23.9. The Morgan fingerprint density at radius 1 is 0.453 bits per heavy atom. The zero-order valence-electron chi connectivity index (χ0n) is 37.6. The Bertz CT molecular complexity index is 3040. The molecule has 0 spiro atoms. The molecule has 0 radical (unpaired) electrons. The highest BCUT2D eigenvalue weighted by molar-refractivity contribution is 7.22. The first-order chi connectivity index (χ1) is 31.4. The van der Waals surface area contributed by atoms with Gasteiger partial charge in [0.05, 0.1) is 0 Å². The van der Waals surface area contributed by atoms with Crippen LogP contribution in [0.3, 0.4) is 0 Å². The van der Waals surface area contributed by atoms with E-state index in [0.717, 1.165) is 0 Å². The van der Waals surface area contributed by atoms with Gasteiger partial charge in [0.2, 0.25) is 0 Å². The summed E-state index contributed by atoms with van der Waals surface area (Å²) in [4.78, 5) is 5.33. The van der Waals surface area contributed by atoms with Gasteiger partial charge in [0.25, 0.3) is 6.71 Å². The maximum Gasteiger partial charge on any atom is 0.252 e. The number of nitrogens with zero attached hydrogens (tertiary/aromatic N) is 2. The molecule has 3 heterocycles. The minimum atomic E-state index is -2.73. The van der Waals surface area contributed by atoms with Crippen molar-refractivity contribution in [3.05, 3.63) is 199 Å². The summed E-state index contributed by atoms with van der Waals surface area (Å²) in [6.07, 6.45) is 6.42. The molecule has 8 aromatic rings. The van der Waals surface area contributed by atoms with Crippen LogP contribution in [0.5, 0.6) is 0 Å². The summed E-state index contributed by atoms with van der Waals surface area (Å²) in [7, 11) is -2.73. The van der Waals surface area contributed by atoms with Crippen molar-refractivity contribution < 1.29 is 0 Å². The van der Waals surface area contributed by atoms with Crippen LogP contribution in [0, 0.1) is 0 Å². The van der Waals surface area contributed by atoms with Gasteiger partial charge in [0.1, 0.15) is 0 Å². The normalized spacial score (nSPS) is 15.8. The largest absolute Gasteiger partial charge is 0.311 e. The molecule has 0 N–H and O–H groups in total. The monoisotopic (exact) mass is 842 g/mol. The smallest absolute Gasteiger partial charge is 0.252 e. The Morgan fingerprint density at radius 2 is 1.05 bits per heavy atom. The van der Waals surface area contributed by atoms with E-state index in [1.54, 1.807) is 0 Å². The van der Waals surface area contributed by atoms with Gasteiger partial charge < -0.3 is 9.80 Å². The third-order valence-corrected chi connectivity index (χ3v) is 20.1. The second-order valence-corrected chi connectivity index (χ2v) is 23.2. The fourth-order valence-corrected chi connectivity index (χ4v) is 17.4. The lowest BCUT2D eigenvalue weighted by molar-refractivity contribution is 0.444. The van der Waals surface area contributed by atoms with Crippen molar-refractivity contribution in [3.8, 4) is 11.1 Å². The Balaban J connectivity index is 1.16. The summed E-state index contributed by atoms with van der Waals surface area (Å²) >= 11 is 0. The number of para-hydroxylation sites is 1. The van der Waals surface area contributed by atoms with Crippen molar-refractivity contribution in [2.24, 2.45) is 0 Å². The van der Waals surface area contributed by atoms with E-state index in [2.05, 4.69) is 219 Å². The minimum absolute atomic E-state index is 0.0967. The van der Waals surface area contributed by atoms with Crippen molar-refractivity contribution in [2.45, 2.75) is 77.6 Å². The first kappa shape index (κ1) is 39.2. The van der Waals surface area contributed by atoms with Crippen LogP contribution in [0.25, 0.3) is 11.1 Å². The van der Waals surface area contributed by atoms with Crippen LogP contribution in [-0.4, -0.2) is 14.8 Å². The first-order valence-corrected chi connectivity index (χ1v) is 25.9. The molecule has 0 amide bonds. The molecule has 3 aliphatic heterocycles. The van der Waals surface area contributed by atoms with Crippen molar-refractivity contribution in [1.82, 2.24) is 0 Å². The Hall–Kier alpha value is -6.36. The lowest BCUT2D eigenvalue weighted by atomic mass is 9.33. The Morgan fingerprint density at radius 3 is 1.77 bits per heavy atom. The fourth-order valence-electron chi connectivity index (χ4n) is 12.2. The summed E-state index contributed by atoms with van der Waals surface area (Å²) in [5.74, 6) is 1.38. The predicted octanol–water partition coefficient (Wildman–Crippen LogP) is 11.4.